The van der Waals surface area contributed by atoms with Gasteiger partial charge in [-0.3, -0.25) is 9.59 Å². The van der Waals surface area contributed by atoms with Crippen LogP contribution in [0.4, 0.5) is 5.69 Å². The Kier molecular flexibility index (Phi) is 5.78. The van der Waals surface area contributed by atoms with Gasteiger partial charge in [-0.2, -0.15) is 5.10 Å². The predicted octanol–water partition coefficient (Wildman–Crippen LogP) is 4.38. The highest BCUT2D eigenvalue weighted by atomic mass is 32.1. The van der Waals surface area contributed by atoms with Crippen LogP contribution in [0.5, 0.6) is 0 Å². The number of benzene rings is 2. The molecule has 1 heterocycles. The average Bonchev–Trinajstić information content (AvgIpc) is 3.07. The molecule has 0 aliphatic heterocycles. The lowest BCUT2D eigenvalue weighted by Crippen LogP contribution is -2.21. The molecule has 2 aromatic carbocycles. The topological polar surface area (TPSA) is 70.6 Å². The molecule has 0 radical (unpaired) electrons. The molecule has 0 aliphatic carbocycles. The summed E-state index contributed by atoms with van der Waals surface area (Å²) in [5.41, 5.74) is 4.73. The summed E-state index contributed by atoms with van der Waals surface area (Å²) in [4.78, 5) is 27.1. The molecule has 1 aromatic heterocycles. The second kappa shape index (κ2) is 8.42. The Labute approximate surface area is 161 Å². The number of rotatable bonds is 5. The van der Waals surface area contributed by atoms with Gasteiger partial charge in [-0.25, -0.2) is 5.43 Å². The minimum Gasteiger partial charge on any atom is -0.321 e. The number of carbonyl (C=O) groups is 2. The van der Waals surface area contributed by atoms with Crippen molar-refractivity contribution in [3.63, 3.8) is 0 Å². The van der Waals surface area contributed by atoms with E-state index < -0.39 is 0 Å². The van der Waals surface area contributed by atoms with Crippen LogP contribution in [-0.4, -0.2) is 18.0 Å². The molecule has 0 atom stereocenters. The van der Waals surface area contributed by atoms with Crippen LogP contribution in [0.15, 0.2) is 65.8 Å². The molecular formula is C21H19N3O2S. The van der Waals surface area contributed by atoms with Crippen molar-refractivity contribution in [1.82, 2.24) is 5.43 Å². The number of anilines is 1. The minimum atomic E-state index is -0.389. The Bertz CT molecular complexity index is 1010. The van der Waals surface area contributed by atoms with Crippen LogP contribution in [-0.2, 0) is 0 Å². The number of amides is 2. The van der Waals surface area contributed by atoms with Crippen molar-refractivity contribution in [3.8, 4) is 0 Å². The third-order valence-corrected chi connectivity index (χ3v) is 4.86. The van der Waals surface area contributed by atoms with Gasteiger partial charge in [0.15, 0.2) is 0 Å². The van der Waals surface area contributed by atoms with Crippen molar-refractivity contribution in [2.24, 2.45) is 5.10 Å². The van der Waals surface area contributed by atoms with Crippen LogP contribution < -0.4 is 10.7 Å². The van der Waals surface area contributed by atoms with Crippen molar-refractivity contribution < 1.29 is 9.59 Å². The van der Waals surface area contributed by atoms with Gasteiger partial charge in [0.25, 0.3) is 11.8 Å². The molecule has 2 N–H and O–H groups in total. The van der Waals surface area contributed by atoms with E-state index in [1.165, 1.54) is 4.88 Å². The van der Waals surface area contributed by atoms with Gasteiger partial charge >= 0.3 is 0 Å². The third kappa shape index (κ3) is 4.68. The van der Waals surface area contributed by atoms with Crippen LogP contribution in [0.1, 0.15) is 36.0 Å². The molecule has 5 nitrogen and oxygen atoms in total. The SMILES string of the molecule is Cc1ccc(/C=N/NC(=O)c2ccccc2NC(=O)c2ccccc2C)s1. The molecule has 0 bridgehead atoms. The first-order valence-electron chi connectivity index (χ1n) is 8.40. The van der Waals surface area contributed by atoms with Crippen LogP contribution >= 0.6 is 11.3 Å². The summed E-state index contributed by atoms with van der Waals surface area (Å²) >= 11 is 1.59. The molecule has 0 unspecified atom stereocenters. The van der Waals surface area contributed by atoms with E-state index in [9.17, 15) is 9.59 Å². The van der Waals surface area contributed by atoms with Gasteiger partial charge in [0.05, 0.1) is 17.5 Å². The summed E-state index contributed by atoms with van der Waals surface area (Å²) in [6, 6.07) is 18.1. The second-order valence-corrected chi connectivity index (χ2v) is 7.28. The molecule has 2 amide bonds. The first-order valence-corrected chi connectivity index (χ1v) is 9.22. The van der Waals surface area contributed by atoms with E-state index in [1.807, 2.05) is 44.2 Å². The van der Waals surface area contributed by atoms with Crippen molar-refractivity contribution >= 4 is 35.1 Å². The zero-order valence-electron chi connectivity index (χ0n) is 15.0. The molecule has 6 heteroatoms. The number of carbonyl (C=O) groups excluding carboxylic acids is 2. The molecule has 0 fully saturated rings. The molecule has 0 saturated heterocycles. The van der Waals surface area contributed by atoms with E-state index in [0.717, 1.165) is 10.4 Å². The van der Waals surface area contributed by atoms with E-state index in [1.54, 1.807) is 47.9 Å². The highest BCUT2D eigenvalue weighted by Gasteiger charge is 2.14. The molecule has 3 rings (SSSR count). The van der Waals surface area contributed by atoms with Crippen LogP contribution in [0, 0.1) is 13.8 Å². The number of hydrogen-bond donors (Lipinski definition) is 2. The van der Waals surface area contributed by atoms with Crippen LogP contribution in [0.25, 0.3) is 0 Å². The second-order valence-electron chi connectivity index (χ2n) is 5.96. The monoisotopic (exact) mass is 377 g/mol. The summed E-state index contributed by atoms with van der Waals surface area (Å²) in [6.45, 7) is 3.88. The van der Waals surface area contributed by atoms with Crippen molar-refractivity contribution in [2.45, 2.75) is 13.8 Å². The fraction of sp³-hybridized carbons (Fsp3) is 0.0952. The van der Waals surface area contributed by atoms with Crippen LogP contribution in [0.2, 0.25) is 0 Å². The standard InChI is InChI=1S/C21H19N3O2S/c1-14-7-3-4-8-17(14)20(25)23-19-10-6-5-9-18(19)21(26)24-22-13-16-12-11-15(2)27-16/h3-13H,1-2H3,(H,23,25)(H,24,26)/b22-13+. The normalized spacial score (nSPS) is 10.7. The number of nitrogens with one attached hydrogen (secondary N) is 2. The first kappa shape index (κ1) is 18.5. The predicted molar refractivity (Wildman–Crippen MR) is 110 cm³/mol. The molecule has 136 valence electrons. The number of hydrazone groups is 1. The number of thiophene rings is 1. The molecule has 3 aromatic rings. The Hall–Kier alpha value is -3.25. The van der Waals surface area contributed by atoms with Gasteiger partial charge in [0.2, 0.25) is 0 Å². The number of hydrogen-bond acceptors (Lipinski definition) is 4. The van der Waals surface area contributed by atoms with E-state index in [4.69, 9.17) is 0 Å². The molecule has 0 spiro atoms. The van der Waals surface area contributed by atoms with Gasteiger partial charge in [-0.1, -0.05) is 30.3 Å². The quantitative estimate of drug-likeness (QED) is 0.512. The van der Waals surface area contributed by atoms with Crippen molar-refractivity contribution in [3.05, 3.63) is 87.1 Å². The molecular weight excluding hydrogens is 358 g/mol. The molecule has 0 aliphatic rings. The summed E-state index contributed by atoms with van der Waals surface area (Å²) in [7, 11) is 0. The summed E-state index contributed by atoms with van der Waals surface area (Å²) < 4.78 is 0. The maximum absolute atomic E-state index is 12.5. The average molecular weight is 377 g/mol. The van der Waals surface area contributed by atoms with E-state index in [2.05, 4.69) is 15.8 Å². The largest absolute Gasteiger partial charge is 0.321 e. The Morgan fingerprint density at radius 2 is 1.59 bits per heavy atom. The first-order chi connectivity index (χ1) is 13.0. The lowest BCUT2D eigenvalue weighted by atomic mass is 10.1. The summed E-state index contributed by atoms with van der Waals surface area (Å²) in [6.07, 6.45) is 1.60. The smallest absolute Gasteiger partial charge is 0.273 e. The van der Waals surface area contributed by atoms with Gasteiger partial charge in [0.1, 0.15) is 0 Å². The van der Waals surface area contributed by atoms with Gasteiger partial charge in [-0.05, 0) is 49.7 Å². The van der Waals surface area contributed by atoms with Crippen LogP contribution in [0.3, 0.4) is 0 Å². The van der Waals surface area contributed by atoms with Crippen molar-refractivity contribution in [2.75, 3.05) is 5.32 Å². The van der Waals surface area contributed by atoms with Gasteiger partial charge in [0, 0.05) is 15.3 Å². The number of para-hydroxylation sites is 1. The zero-order chi connectivity index (χ0) is 19.2. The third-order valence-electron chi connectivity index (χ3n) is 3.93. The van der Waals surface area contributed by atoms with Gasteiger partial charge < -0.3 is 5.32 Å². The fourth-order valence-corrected chi connectivity index (χ4v) is 3.29. The maximum Gasteiger partial charge on any atom is 0.273 e. The van der Waals surface area contributed by atoms with E-state index >= 15 is 0 Å². The minimum absolute atomic E-state index is 0.258. The van der Waals surface area contributed by atoms with Gasteiger partial charge in [-0.15, -0.1) is 11.3 Å². The Morgan fingerprint density at radius 1 is 0.889 bits per heavy atom. The van der Waals surface area contributed by atoms with Crippen molar-refractivity contribution in [1.29, 1.82) is 0 Å². The zero-order valence-corrected chi connectivity index (χ0v) is 15.8. The maximum atomic E-state index is 12.5. The lowest BCUT2D eigenvalue weighted by Gasteiger charge is -2.11. The lowest BCUT2D eigenvalue weighted by molar-refractivity contribution is 0.0956. The molecule has 27 heavy (non-hydrogen) atoms. The highest BCUT2D eigenvalue weighted by Crippen LogP contribution is 2.17. The fourth-order valence-electron chi connectivity index (χ4n) is 2.54. The molecule has 0 saturated carbocycles. The highest BCUT2D eigenvalue weighted by molar-refractivity contribution is 7.13. The Morgan fingerprint density at radius 3 is 2.30 bits per heavy atom. The summed E-state index contributed by atoms with van der Waals surface area (Å²) in [5.74, 6) is -0.647. The van der Waals surface area contributed by atoms with E-state index in [-0.39, 0.29) is 11.8 Å². The number of nitrogens with zero attached hydrogens (tertiary/aromatic N) is 1. The van der Waals surface area contributed by atoms with E-state index in [0.29, 0.717) is 16.8 Å². The number of aryl methyl sites for hydroxylation is 2. The Balaban J connectivity index is 1.73. The summed E-state index contributed by atoms with van der Waals surface area (Å²) in [5, 5.41) is 6.81.